The summed E-state index contributed by atoms with van der Waals surface area (Å²) in [6.07, 6.45) is 1.85. The van der Waals surface area contributed by atoms with Gasteiger partial charge in [-0.3, -0.25) is 4.68 Å². The molecule has 0 aliphatic carbocycles. The molecule has 0 bridgehead atoms. The summed E-state index contributed by atoms with van der Waals surface area (Å²) in [6, 6.07) is 2.12. The maximum atomic E-state index is 12.9. The molecule has 9 heteroatoms. The zero-order valence-corrected chi connectivity index (χ0v) is 16.2. The normalized spacial score (nSPS) is 24.1. The molecule has 0 N–H and O–H groups in total. The number of aryl methyl sites for hydroxylation is 1. The lowest BCUT2D eigenvalue weighted by Crippen LogP contribution is -2.51. The minimum Gasteiger partial charge on any atom is -0.379 e. The smallest absolute Gasteiger partial charge is 0.282 e. The first-order chi connectivity index (χ1) is 11.9. The van der Waals surface area contributed by atoms with Gasteiger partial charge in [-0.2, -0.15) is 22.1 Å². The molecule has 2 saturated heterocycles. The second-order valence-corrected chi connectivity index (χ2v) is 9.07. The quantitative estimate of drug-likeness (QED) is 0.741. The Morgan fingerprint density at radius 2 is 1.96 bits per heavy atom. The summed E-state index contributed by atoms with van der Waals surface area (Å²) in [6.45, 7) is 3.77. The van der Waals surface area contributed by atoms with Gasteiger partial charge in [-0.15, -0.1) is 0 Å². The molecule has 0 aromatic carbocycles. The molecule has 0 spiro atoms. The molecule has 8 nitrogen and oxygen atoms in total. The zero-order chi connectivity index (χ0) is 18.0. The fraction of sp³-hybridized carbons (Fsp3) is 0.812. The Bertz CT molecular complexity index is 682. The fourth-order valence-electron chi connectivity index (χ4n) is 3.54. The second-order valence-electron chi connectivity index (χ2n) is 7.14. The molecule has 2 fully saturated rings. The van der Waals surface area contributed by atoms with E-state index in [4.69, 9.17) is 4.74 Å². The summed E-state index contributed by atoms with van der Waals surface area (Å²) in [5, 5.41) is 4.65. The van der Waals surface area contributed by atoms with E-state index in [0.717, 1.165) is 30.8 Å². The van der Waals surface area contributed by atoms with Crippen LogP contribution < -0.4 is 0 Å². The van der Waals surface area contributed by atoms with Crippen LogP contribution in [0.2, 0.25) is 0 Å². The van der Waals surface area contributed by atoms with Gasteiger partial charge in [0.15, 0.2) is 0 Å². The van der Waals surface area contributed by atoms with E-state index >= 15 is 0 Å². The molecule has 0 saturated carbocycles. The third-order valence-electron chi connectivity index (χ3n) is 4.90. The number of morpholine rings is 1. The van der Waals surface area contributed by atoms with Crippen LogP contribution in [0.4, 0.5) is 0 Å². The number of aromatic nitrogens is 2. The SMILES string of the molecule is CN(C)Cc1cc([C@H]2CCCN(S(=O)(=O)N3CCOCC3)C2)nn1C. The first kappa shape index (κ1) is 18.8. The number of piperidine rings is 1. The van der Waals surface area contributed by atoms with Crippen LogP contribution in [-0.4, -0.2) is 85.2 Å². The molecule has 0 radical (unpaired) electrons. The van der Waals surface area contributed by atoms with Gasteiger partial charge in [0, 0.05) is 45.7 Å². The lowest BCUT2D eigenvalue weighted by molar-refractivity contribution is 0.0695. The van der Waals surface area contributed by atoms with Crippen LogP contribution >= 0.6 is 0 Å². The van der Waals surface area contributed by atoms with E-state index < -0.39 is 10.2 Å². The van der Waals surface area contributed by atoms with Gasteiger partial charge in [-0.1, -0.05) is 0 Å². The van der Waals surface area contributed by atoms with E-state index in [1.807, 2.05) is 25.8 Å². The van der Waals surface area contributed by atoms with Crippen LogP contribution in [0.15, 0.2) is 6.07 Å². The van der Waals surface area contributed by atoms with Crippen molar-refractivity contribution >= 4 is 10.2 Å². The van der Waals surface area contributed by atoms with Crippen molar-refractivity contribution in [3.05, 3.63) is 17.5 Å². The summed E-state index contributed by atoms with van der Waals surface area (Å²) in [7, 11) is 2.61. The van der Waals surface area contributed by atoms with Crippen molar-refractivity contribution in [3.63, 3.8) is 0 Å². The van der Waals surface area contributed by atoms with E-state index in [-0.39, 0.29) is 5.92 Å². The Morgan fingerprint density at radius 1 is 1.24 bits per heavy atom. The van der Waals surface area contributed by atoms with E-state index in [9.17, 15) is 8.42 Å². The number of nitrogens with zero attached hydrogens (tertiary/aromatic N) is 5. The lowest BCUT2D eigenvalue weighted by Gasteiger charge is -2.36. The van der Waals surface area contributed by atoms with Crippen molar-refractivity contribution in [2.45, 2.75) is 25.3 Å². The Hall–Kier alpha value is -1.00. The molecule has 25 heavy (non-hydrogen) atoms. The van der Waals surface area contributed by atoms with Crippen LogP contribution in [-0.2, 0) is 28.5 Å². The lowest BCUT2D eigenvalue weighted by atomic mass is 9.96. The Kier molecular flexibility index (Phi) is 5.79. The van der Waals surface area contributed by atoms with E-state index in [0.29, 0.717) is 39.4 Å². The first-order valence-electron chi connectivity index (χ1n) is 8.88. The summed E-state index contributed by atoms with van der Waals surface area (Å²) < 4.78 is 36.2. The number of rotatable bonds is 5. The summed E-state index contributed by atoms with van der Waals surface area (Å²) in [5.41, 5.74) is 2.15. The molecule has 3 heterocycles. The maximum Gasteiger partial charge on any atom is 0.282 e. The Labute approximate surface area is 150 Å². The molecule has 2 aliphatic rings. The van der Waals surface area contributed by atoms with Crippen LogP contribution in [0.5, 0.6) is 0 Å². The fourth-order valence-corrected chi connectivity index (χ4v) is 5.20. The van der Waals surface area contributed by atoms with Crippen LogP contribution in [0.3, 0.4) is 0 Å². The van der Waals surface area contributed by atoms with Crippen molar-refractivity contribution in [1.82, 2.24) is 23.3 Å². The molecular weight excluding hydrogens is 342 g/mol. The van der Waals surface area contributed by atoms with E-state index in [1.165, 1.54) is 0 Å². The van der Waals surface area contributed by atoms with Crippen molar-refractivity contribution in [3.8, 4) is 0 Å². The van der Waals surface area contributed by atoms with Gasteiger partial charge in [-0.05, 0) is 33.0 Å². The van der Waals surface area contributed by atoms with Crippen molar-refractivity contribution in [1.29, 1.82) is 0 Å². The van der Waals surface area contributed by atoms with Crippen molar-refractivity contribution in [2.75, 3.05) is 53.5 Å². The third-order valence-corrected chi connectivity index (χ3v) is 6.90. The van der Waals surface area contributed by atoms with E-state index in [2.05, 4.69) is 16.1 Å². The van der Waals surface area contributed by atoms with Crippen molar-refractivity contribution < 1.29 is 13.2 Å². The molecule has 0 unspecified atom stereocenters. The first-order valence-corrected chi connectivity index (χ1v) is 10.3. The highest BCUT2D eigenvalue weighted by Crippen LogP contribution is 2.29. The van der Waals surface area contributed by atoms with Gasteiger partial charge in [0.1, 0.15) is 0 Å². The van der Waals surface area contributed by atoms with Crippen LogP contribution in [0, 0.1) is 0 Å². The van der Waals surface area contributed by atoms with E-state index in [1.54, 1.807) is 8.61 Å². The molecule has 0 amide bonds. The van der Waals surface area contributed by atoms with Gasteiger partial charge < -0.3 is 9.64 Å². The topological polar surface area (TPSA) is 70.9 Å². The summed E-state index contributed by atoms with van der Waals surface area (Å²) in [4.78, 5) is 2.11. The average Bonchev–Trinajstić information content (AvgIpc) is 2.96. The van der Waals surface area contributed by atoms with Gasteiger partial charge in [0.05, 0.1) is 24.6 Å². The predicted molar refractivity (Wildman–Crippen MR) is 95.5 cm³/mol. The molecule has 1 aromatic heterocycles. The van der Waals surface area contributed by atoms with Crippen molar-refractivity contribution in [2.24, 2.45) is 7.05 Å². The third kappa shape index (κ3) is 4.22. The monoisotopic (exact) mass is 371 g/mol. The minimum atomic E-state index is -3.40. The number of ether oxygens (including phenoxy) is 1. The number of hydrogen-bond acceptors (Lipinski definition) is 5. The molecule has 1 atom stereocenters. The van der Waals surface area contributed by atoms with Gasteiger partial charge in [0.25, 0.3) is 10.2 Å². The standard InChI is InChI=1S/C16H29N5O3S/c1-18(2)13-15-11-16(17-19(15)3)14-5-4-6-21(12-14)25(22,23)20-7-9-24-10-8-20/h11,14H,4-10,12-13H2,1-3H3/t14-/m0/s1. The van der Waals surface area contributed by atoms with Crippen LogP contribution in [0.25, 0.3) is 0 Å². The molecule has 3 rings (SSSR count). The molecule has 1 aromatic rings. The Morgan fingerprint density at radius 3 is 2.64 bits per heavy atom. The summed E-state index contributed by atoms with van der Waals surface area (Å²) >= 11 is 0. The maximum absolute atomic E-state index is 12.9. The highest BCUT2D eigenvalue weighted by molar-refractivity contribution is 7.86. The number of hydrogen-bond donors (Lipinski definition) is 0. The van der Waals surface area contributed by atoms with Gasteiger partial charge >= 0.3 is 0 Å². The van der Waals surface area contributed by atoms with Crippen LogP contribution in [0.1, 0.15) is 30.1 Å². The highest BCUT2D eigenvalue weighted by atomic mass is 32.2. The summed E-state index contributed by atoms with van der Waals surface area (Å²) in [5.74, 6) is 0.159. The highest BCUT2D eigenvalue weighted by Gasteiger charge is 2.35. The predicted octanol–water partition coefficient (Wildman–Crippen LogP) is 0.238. The minimum absolute atomic E-state index is 0.159. The largest absolute Gasteiger partial charge is 0.379 e. The van der Waals surface area contributed by atoms with Gasteiger partial charge in [0.2, 0.25) is 0 Å². The molecule has 2 aliphatic heterocycles. The Balaban J connectivity index is 1.72. The molecule has 142 valence electrons. The average molecular weight is 372 g/mol. The second kappa shape index (κ2) is 7.71. The van der Waals surface area contributed by atoms with Gasteiger partial charge in [-0.25, -0.2) is 0 Å². The zero-order valence-electron chi connectivity index (χ0n) is 15.4. The molecular formula is C16H29N5O3S.